The molecule has 33 heavy (non-hydrogen) atoms. The molecule has 164 valence electrons. The summed E-state index contributed by atoms with van der Waals surface area (Å²) < 4.78 is 6.05. The van der Waals surface area contributed by atoms with Gasteiger partial charge in [0.1, 0.15) is 0 Å². The fourth-order valence-electron chi connectivity index (χ4n) is 4.70. The van der Waals surface area contributed by atoms with Crippen LogP contribution in [-0.2, 0) is 10.3 Å². The van der Waals surface area contributed by atoms with Gasteiger partial charge >= 0.3 is 0 Å². The zero-order valence-corrected chi connectivity index (χ0v) is 18.4. The summed E-state index contributed by atoms with van der Waals surface area (Å²) >= 11 is 0. The van der Waals surface area contributed by atoms with Crippen LogP contribution < -0.4 is 10.4 Å². The van der Waals surface area contributed by atoms with Gasteiger partial charge in [0.2, 0.25) is 0 Å². The van der Waals surface area contributed by atoms with Gasteiger partial charge in [0, 0.05) is 16.3 Å². The van der Waals surface area contributed by atoms with Crippen LogP contribution in [0.2, 0.25) is 0 Å². The van der Waals surface area contributed by atoms with Gasteiger partial charge in [-0.25, -0.2) is 0 Å². The predicted molar refractivity (Wildman–Crippen MR) is 131 cm³/mol. The van der Waals surface area contributed by atoms with Gasteiger partial charge < -0.3 is 9.84 Å². The molecule has 2 aliphatic rings. The number of aliphatic hydroxyl groups excluding tert-OH is 1. The molecule has 4 nitrogen and oxygen atoms in total. The molecule has 1 saturated heterocycles. The number of hydrogen-bond donors (Lipinski definition) is 1. The highest BCUT2D eigenvalue weighted by atomic mass is 16.5. The summed E-state index contributed by atoms with van der Waals surface area (Å²) in [4.78, 5) is 15.1. The minimum atomic E-state index is -0.406. The van der Waals surface area contributed by atoms with Crippen molar-refractivity contribution in [1.82, 2.24) is 4.90 Å². The fourth-order valence-corrected chi connectivity index (χ4v) is 4.70. The van der Waals surface area contributed by atoms with Gasteiger partial charge in [-0.15, -0.1) is 0 Å². The zero-order chi connectivity index (χ0) is 23.0. The molecule has 2 aliphatic heterocycles. The van der Waals surface area contributed by atoms with Crippen LogP contribution in [0.4, 0.5) is 0 Å². The molecule has 2 atom stereocenters. The maximum Gasteiger partial charge on any atom is 0.257 e. The van der Waals surface area contributed by atoms with E-state index in [0.717, 1.165) is 44.2 Å². The highest BCUT2D eigenvalue weighted by Gasteiger charge is 2.54. The largest absolute Gasteiger partial charge is 0.515 e. The number of carbonyl (C=O) groups is 1. The summed E-state index contributed by atoms with van der Waals surface area (Å²) in [6.45, 7) is 6.32. The normalized spacial score (nSPS) is 21.5. The molecule has 0 bridgehead atoms. The highest BCUT2D eigenvalue weighted by Crippen LogP contribution is 2.50. The third kappa shape index (κ3) is 3.49. The molecule has 0 aromatic heterocycles. The molecular weight excluding hydrogens is 410 g/mol. The number of fused-ring (bicyclic) bond motifs is 4. The van der Waals surface area contributed by atoms with Crippen molar-refractivity contribution in [3.63, 3.8) is 0 Å². The first-order valence-electron chi connectivity index (χ1n) is 10.9. The molecule has 6 rings (SSSR count). The Morgan fingerprint density at radius 3 is 2.27 bits per heavy atom. The second-order valence-electron chi connectivity index (χ2n) is 8.60. The van der Waals surface area contributed by atoms with E-state index in [4.69, 9.17) is 9.84 Å². The van der Waals surface area contributed by atoms with E-state index in [2.05, 4.69) is 31.7 Å². The first-order valence-corrected chi connectivity index (χ1v) is 10.9. The number of aliphatic hydroxyl groups is 1. The maximum absolute atomic E-state index is 13.2. The Kier molecular flexibility index (Phi) is 5.23. The molecule has 0 aliphatic carbocycles. The first-order chi connectivity index (χ1) is 16.0. The third-order valence-electron chi connectivity index (χ3n) is 6.48. The third-order valence-corrected chi connectivity index (χ3v) is 6.48. The van der Waals surface area contributed by atoms with Crippen LogP contribution in [0.15, 0.2) is 91.0 Å². The Hall–Kier alpha value is -3.89. The molecule has 1 fully saturated rings. The highest BCUT2D eigenvalue weighted by molar-refractivity contribution is 6.04. The minimum Gasteiger partial charge on any atom is -0.515 e. The number of amides is 1. The van der Waals surface area contributed by atoms with Gasteiger partial charge in [-0.3, -0.25) is 9.69 Å². The van der Waals surface area contributed by atoms with Gasteiger partial charge in [0.05, 0.1) is 18.4 Å². The lowest BCUT2D eigenvalue weighted by Gasteiger charge is -2.30. The van der Waals surface area contributed by atoms with Crippen LogP contribution in [0, 0.1) is 0 Å². The summed E-state index contributed by atoms with van der Waals surface area (Å²) in [5.41, 5.74) is 2.49. The van der Waals surface area contributed by atoms with Crippen LogP contribution >= 0.6 is 0 Å². The summed E-state index contributed by atoms with van der Waals surface area (Å²) in [7, 11) is 0. The van der Waals surface area contributed by atoms with Gasteiger partial charge in [0.15, 0.2) is 6.23 Å². The summed E-state index contributed by atoms with van der Waals surface area (Å²) in [6, 6.07) is 29.7. The van der Waals surface area contributed by atoms with Crippen molar-refractivity contribution in [2.24, 2.45) is 0 Å². The molecule has 0 saturated carbocycles. The summed E-state index contributed by atoms with van der Waals surface area (Å²) in [6.07, 6.45) is 0.738. The summed E-state index contributed by atoms with van der Waals surface area (Å²) in [5, 5.41) is 12.4. The van der Waals surface area contributed by atoms with Gasteiger partial charge in [-0.2, -0.15) is 0 Å². The van der Waals surface area contributed by atoms with E-state index < -0.39 is 5.54 Å². The average Bonchev–Trinajstić information content (AvgIpc) is 3.31. The monoisotopic (exact) mass is 435 g/mol. The number of rotatable bonds is 1. The van der Waals surface area contributed by atoms with Gasteiger partial charge in [-0.05, 0) is 40.6 Å². The molecule has 0 spiro atoms. The molecule has 1 N–H and O–H groups in total. The Balaban J connectivity index is 0.000000215. The molecular formula is C29H25NO3. The van der Waals surface area contributed by atoms with Gasteiger partial charge in [0.25, 0.3) is 5.91 Å². The van der Waals surface area contributed by atoms with Crippen LogP contribution in [0.25, 0.3) is 23.6 Å². The van der Waals surface area contributed by atoms with E-state index in [0.29, 0.717) is 6.61 Å². The van der Waals surface area contributed by atoms with Crippen LogP contribution in [0.5, 0.6) is 0 Å². The molecule has 4 heteroatoms. The number of nitrogens with zero attached hydrogens (tertiary/aromatic N) is 1. The van der Waals surface area contributed by atoms with Gasteiger partial charge in [-0.1, -0.05) is 85.4 Å². The fraction of sp³-hybridized carbons (Fsp3) is 0.138. The Morgan fingerprint density at radius 2 is 1.61 bits per heavy atom. The zero-order valence-electron chi connectivity index (χ0n) is 18.4. The SMILES string of the molecule is C=c1cccc/c1=C\O.C[C@@]12COC(c3ccccc3)N1C(=O)c1cc3ccccc3cc12. The van der Waals surface area contributed by atoms with E-state index >= 15 is 0 Å². The van der Waals surface area contributed by atoms with Crippen molar-refractivity contribution >= 4 is 29.5 Å². The van der Waals surface area contributed by atoms with Crippen molar-refractivity contribution < 1.29 is 14.6 Å². The predicted octanol–water partition coefficient (Wildman–Crippen LogP) is 4.63. The molecule has 2 heterocycles. The van der Waals surface area contributed by atoms with Crippen LogP contribution in [0.3, 0.4) is 0 Å². The second-order valence-corrected chi connectivity index (χ2v) is 8.60. The summed E-state index contributed by atoms with van der Waals surface area (Å²) in [5.74, 6) is 0.0598. The van der Waals surface area contributed by atoms with E-state index in [1.165, 1.54) is 0 Å². The molecule has 4 aromatic rings. The first kappa shape index (κ1) is 21.0. The minimum absolute atomic E-state index is 0.0598. The van der Waals surface area contributed by atoms with Crippen molar-refractivity contribution in [2.75, 3.05) is 6.61 Å². The smallest absolute Gasteiger partial charge is 0.257 e. The Morgan fingerprint density at radius 1 is 0.970 bits per heavy atom. The number of ether oxygens (including phenoxy) is 1. The number of hydrogen-bond acceptors (Lipinski definition) is 3. The van der Waals surface area contributed by atoms with E-state index in [1.54, 1.807) is 0 Å². The molecule has 0 radical (unpaired) electrons. The Bertz CT molecular complexity index is 1450. The lowest BCUT2D eigenvalue weighted by molar-refractivity contribution is 0.0229. The van der Waals surface area contributed by atoms with Crippen molar-refractivity contribution in [2.45, 2.75) is 18.7 Å². The van der Waals surface area contributed by atoms with Crippen LogP contribution in [0.1, 0.15) is 34.6 Å². The second kappa shape index (κ2) is 8.23. The maximum atomic E-state index is 13.2. The van der Waals surface area contributed by atoms with E-state index in [-0.39, 0.29) is 12.1 Å². The quantitative estimate of drug-likeness (QED) is 0.474. The average molecular weight is 436 g/mol. The standard InChI is InChI=1S/C21H17NO2.C8H8O/c1-21-13-24-20(14-7-3-2-4-8-14)22(21)19(23)17-11-15-9-5-6-10-16(15)12-18(17)21;1-7-4-2-3-5-8(7)6-9/h2-12,20H,13H2,1H3;2-6,9H,1H2/b;8-6+/t20?,21-;/m0./s1. The molecule has 1 amide bonds. The number of carbonyl (C=O) groups excluding carboxylic acids is 1. The van der Waals surface area contributed by atoms with E-state index in [1.807, 2.05) is 77.7 Å². The molecule has 4 aromatic carbocycles. The topological polar surface area (TPSA) is 49.8 Å². The lowest BCUT2D eigenvalue weighted by atomic mass is 9.90. The Labute approximate surface area is 192 Å². The van der Waals surface area contributed by atoms with Crippen LogP contribution in [-0.4, -0.2) is 22.5 Å². The van der Waals surface area contributed by atoms with Crippen molar-refractivity contribution in [1.29, 1.82) is 0 Å². The van der Waals surface area contributed by atoms with E-state index in [9.17, 15) is 4.79 Å². The van der Waals surface area contributed by atoms with Crippen molar-refractivity contribution in [3.8, 4) is 0 Å². The van der Waals surface area contributed by atoms with Crippen molar-refractivity contribution in [3.05, 3.63) is 118 Å². The number of benzene rings is 4. The lowest BCUT2D eigenvalue weighted by Crippen LogP contribution is -2.38. The molecule has 1 unspecified atom stereocenters.